The predicted molar refractivity (Wildman–Crippen MR) is 90.3 cm³/mol. The van der Waals surface area contributed by atoms with Gasteiger partial charge in [-0.25, -0.2) is 0 Å². The lowest BCUT2D eigenvalue weighted by molar-refractivity contribution is -0.422. The molecule has 144 valence electrons. The molecule has 0 bridgehead atoms. The third kappa shape index (κ3) is 4.72. The van der Waals surface area contributed by atoms with Crippen LogP contribution < -0.4 is 0 Å². The third-order valence-electron chi connectivity index (χ3n) is 3.10. The van der Waals surface area contributed by atoms with Gasteiger partial charge in [-0.05, 0) is 12.1 Å². The molecule has 0 amide bonds. The second-order valence-electron chi connectivity index (χ2n) is 4.69. The quantitative estimate of drug-likeness (QED) is 0.398. The Morgan fingerprint density at radius 2 is 0.893 bits per heavy atom. The van der Waals surface area contributed by atoms with Gasteiger partial charge in [0.1, 0.15) is 0 Å². The Labute approximate surface area is 153 Å². The average Bonchev–Trinajstić information content (AvgIpc) is 2.66. The van der Waals surface area contributed by atoms with Crippen molar-refractivity contribution in [3.63, 3.8) is 0 Å². The number of rotatable bonds is 6. The van der Waals surface area contributed by atoms with Gasteiger partial charge in [0.05, 0.1) is 30.8 Å². The fourth-order valence-electron chi connectivity index (χ4n) is 1.98. The van der Waals surface area contributed by atoms with Crippen LogP contribution in [-0.4, -0.2) is 32.3 Å². The van der Waals surface area contributed by atoms with Crippen LogP contribution in [0.25, 0.3) is 0 Å². The van der Waals surface area contributed by atoms with Crippen molar-refractivity contribution in [1.29, 1.82) is 0 Å². The Bertz CT molecular complexity index is 909. The highest BCUT2D eigenvalue weighted by Crippen LogP contribution is 2.29. The minimum Gasteiger partial charge on any atom is -0.298 e. The van der Waals surface area contributed by atoms with E-state index in [-0.39, 0.29) is 23.7 Å². The van der Waals surface area contributed by atoms with E-state index in [9.17, 15) is 50.0 Å². The molecule has 0 aliphatic carbocycles. The predicted octanol–water partition coefficient (Wildman–Crippen LogP) is 2.63. The number of carbonyl (C=O) groups is 2. The molecule has 0 radical (unpaired) electrons. The summed E-state index contributed by atoms with van der Waals surface area (Å²) < 4.78 is 0. The minimum atomic E-state index is -0.943. The summed E-state index contributed by atoms with van der Waals surface area (Å²) in [4.78, 5) is 58.7. The van der Waals surface area contributed by atoms with E-state index in [0.29, 0.717) is 0 Å². The summed E-state index contributed by atoms with van der Waals surface area (Å²) >= 11 is 0. The second-order valence-corrected chi connectivity index (χ2v) is 4.69. The molecule has 0 fully saturated rings. The molecule has 0 spiro atoms. The van der Waals surface area contributed by atoms with Crippen LogP contribution in [0.1, 0.15) is 20.7 Å². The van der Waals surface area contributed by atoms with Crippen molar-refractivity contribution in [3.05, 3.63) is 88.0 Å². The van der Waals surface area contributed by atoms with Gasteiger partial charge in [-0.15, -0.1) is 0 Å². The molecular formula is C14H8N4O10. The van der Waals surface area contributed by atoms with Gasteiger partial charge in [-0.3, -0.25) is 50.0 Å². The molecule has 2 rings (SSSR count). The largest absolute Gasteiger partial charge is 0.356 e. The molecule has 0 saturated carbocycles. The summed E-state index contributed by atoms with van der Waals surface area (Å²) in [6, 6.07) is 6.69. The van der Waals surface area contributed by atoms with Gasteiger partial charge in [-0.1, -0.05) is 12.1 Å². The second kappa shape index (κ2) is 9.18. The van der Waals surface area contributed by atoms with E-state index in [4.69, 9.17) is 0 Å². The van der Waals surface area contributed by atoms with Crippen molar-refractivity contribution >= 4 is 35.3 Å². The van der Waals surface area contributed by atoms with Gasteiger partial charge in [-0.2, -0.15) is 0 Å². The summed E-state index contributed by atoms with van der Waals surface area (Å²) in [6.45, 7) is 0. The standard InChI is InChI=1S/2C7H4N2O5/c2*10-4-5-2-1-3-6(8(11)12)7(5)9(13)14/h2*1-4H. The zero-order valence-electron chi connectivity index (χ0n) is 13.5. The van der Waals surface area contributed by atoms with Crippen LogP contribution in [0.4, 0.5) is 22.7 Å². The Hall–Kier alpha value is -4.62. The van der Waals surface area contributed by atoms with Crippen LogP contribution in [-0.2, 0) is 0 Å². The Morgan fingerprint density at radius 1 is 0.571 bits per heavy atom. The minimum absolute atomic E-state index is 0.213. The zero-order valence-corrected chi connectivity index (χ0v) is 13.5. The average molecular weight is 392 g/mol. The molecule has 28 heavy (non-hydrogen) atoms. The van der Waals surface area contributed by atoms with Gasteiger partial charge in [0, 0.05) is 12.1 Å². The van der Waals surface area contributed by atoms with Gasteiger partial charge >= 0.3 is 22.7 Å². The van der Waals surface area contributed by atoms with E-state index >= 15 is 0 Å². The summed E-state index contributed by atoms with van der Waals surface area (Å²) in [5.74, 6) is 0. The molecule has 14 nitrogen and oxygen atoms in total. The topological polar surface area (TPSA) is 207 Å². The molecule has 0 unspecified atom stereocenters. The van der Waals surface area contributed by atoms with Crippen LogP contribution in [0, 0.1) is 40.5 Å². The molecule has 0 heterocycles. The summed E-state index contributed by atoms with van der Waals surface area (Å²) in [6.07, 6.45) is 0.427. The van der Waals surface area contributed by atoms with Crippen LogP contribution in [0.2, 0.25) is 0 Å². The van der Waals surface area contributed by atoms with Crippen LogP contribution in [0.5, 0.6) is 0 Å². The first-order valence-corrected chi connectivity index (χ1v) is 6.89. The molecule has 0 atom stereocenters. The molecule has 0 aliphatic heterocycles. The van der Waals surface area contributed by atoms with Gasteiger partial charge in [0.2, 0.25) is 0 Å². The molecule has 0 aromatic heterocycles. The molecule has 2 aromatic carbocycles. The number of nitrogens with zero attached hydrogens (tertiary/aromatic N) is 4. The first kappa shape index (κ1) is 21.4. The fraction of sp³-hybridized carbons (Fsp3) is 0. The molecular weight excluding hydrogens is 384 g/mol. The number of aldehydes is 2. The number of benzene rings is 2. The Kier molecular flexibility index (Phi) is 7.02. The summed E-state index contributed by atoms with van der Waals surface area (Å²) in [7, 11) is 0. The van der Waals surface area contributed by atoms with Crippen molar-refractivity contribution < 1.29 is 29.3 Å². The third-order valence-corrected chi connectivity index (χ3v) is 3.10. The van der Waals surface area contributed by atoms with E-state index in [0.717, 1.165) is 24.3 Å². The van der Waals surface area contributed by atoms with E-state index < -0.39 is 42.4 Å². The van der Waals surface area contributed by atoms with Gasteiger partial charge in [0.15, 0.2) is 12.6 Å². The van der Waals surface area contributed by atoms with E-state index in [1.807, 2.05) is 0 Å². The lowest BCUT2D eigenvalue weighted by atomic mass is 10.2. The number of para-hydroxylation sites is 2. The first-order chi connectivity index (χ1) is 13.1. The molecule has 0 saturated heterocycles. The zero-order chi connectivity index (χ0) is 21.4. The molecule has 0 aliphatic rings. The normalized spacial score (nSPS) is 9.43. The van der Waals surface area contributed by atoms with Gasteiger partial charge < -0.3 is 0 Å². The molecule has 2 aromatic rings. The molecule has 14 heteroatoms. The summed E-state index contributed by atoms with van der Waals surface area (Å²) in [5.41, 5.74) is -3.51. The number of nitro groups is 4. The summed E-state index contributed by atoms with van der Waals surface area (Å²) in [5, 5.41) is 41.7. The monoisotopic (exact) mass is 392 g/mol. The van der Waals surface area contributed by atoms with Crippen molar-refractivity contribution in [2.45, 2.75) is 0 Å². The maximum atomic E-state index is 10.4. The Balaban J connectivity index is 0.000000280. The lowest BCUT2D eigenvalue weighted by Crippen LogP contribution is -1.99. The Morgan fingerprint density at radius 3 is 1.11 bits per heavy atom. The highest BCUT2D eigenvalue weighted by Gasteiger charge is 2.28. The van der Waals surface area contributed by atoms with E-state index in [2.05, 4.69) is 0 Å². The fourth-order valence-corrected chi connectivity index (χ4v) is 1.98. The van der Waals surface area contributed by atoms with Crippen molar-refractivity contribution in [1.82, 2.24) is 0 Å². The van der Waals surface area contributed by atoms with E-state index in [1.165, 1.54) is 12.1 Å². The maximum absolute atomic E-state index is 10.4. The number of hydrogen-bond acceptors (Lipinski definition) is 10. The molecule has 0 N–H and O–H groups in total. The van der Waals surface area contributed by atoms with Crippen LogP contribution in [0.3, 0.4) is 0 Å². The van der Waals surface area contributed by atoms with Crippen molar-refractivity contribution in [2.75, 3.05) is 0 Å². The first-order valence-electron chi connectivity index (χ1n) is 6.89. The van der Waals surface area contributed by atoms with Crippen LogP contribution >= 0.6 is 0 Å². The highest BCUT2D eigenvalue weighted by atomic mass is 16.6. The van der Waals surface area contributed by atoms with Crippen molar-refractivity contribution in [2.24, 2.45) is 0 Å². The number of carbonyl (C=O) groups excluding carboxylic acids is 2. The number of nitro benzene ring substituents is 4. The highest BCUT2D eigenvalue weighted by molar-refractivity contribution is 5.85. The van der Waals surface area contributed by atoms with E-state index in [1.54, 1.807) is 0 Å². The SMILES string of the molecule is O=Cc1cccc([N+](=O)[O-])c1[N+](=O)[O-].O=Cc1cccc([N+](=O)[O-])c1[N+](=O)[O-]. The van der Waals surface area contributed by atoms with Crippen molar-refractivity contribution in [3.8, 4) is 0 Å². The lowest BCUT2D eigenvalue weighted by Gasteiger charge is -1.95. The maximum Gasteiger partial charge on any atom is 0.356 e. The van der Waals surface area contributed by atoms with Crippen LogP contribution in [0.15, 0.2) is 36.4 Å². The van der Waals surface area contributed by atoms with Gasteiger partial charge in [0.25, 0.3) is 0 Å². The number of hydrogen-bond donors (Lipinski definition) is 0. The smallest absolute Gasteiger partial charge is 0.298 e.